The monoisotopic (exact) mass is 266 g/mol. The summed E-state index contributed by atoms with van der Waals surface area (Å²) in [4.78, 5) is 11.9. The van der Waals surface area contributed by atoms with Gasteiger partial charge in [-0.25, -0.2) is 0 Å². The number of ether oxygens (including phenoxy) is 2. The zero-order chi connectivity index (χ0) is 14.1. The minimum absolute atomic E-state index is 0.131. The van der Waals surface area contributed by atoms with Crippen LogP contribution in [0.5, 0.6) is 5.75 Å². The molecule has 0 fully saturated rings. The maximum absolute atomic E-state index is 11.9. The molecule has 0 atom stereocenters. The highest BCUT2D eigenvalue weighted by molar-refractivity contribution is 5.95. The Hall–Kier alpha value is -1.75. The normalized spacial score (nSPS) is 10.2. The van der Waals surface area contributed by atoms with Crippen molar-refractivity contribution in [1.82, 2.24) is 5.32 Å². The number of hydrogen-bond donors (Lipinski definition) is 2. The largest absolute Gasteiger partial charge is 0.495 e. The van der Waals surface area contributed by atoms with Crippen LogP contribution in [0.1, 0.15) is 30.1 Å². The molecule has 1 rings (SSSR count). The molecule has 0 radical (unpaired) electrons. The summed E-state index contributed by atoms with van der Waals surface area (Å²) in [7, 11) is 1.53. The molecule has 5 heteroatoms. The van der Waals surface area contributed by atoms with E-state index in [1.807, 2.05) is 0 Å². The first-order valence-electron chi connectivity index (χ1n) is 6.48. The SMILES string of the molecule is CCCOCCCNC(=O)c1ccc(N)c(OC)c1. The summed E-state index contributed by atoms with van der Waals surface area (Å²) < 4.78 is 10.4. The third-order valence-corrected chi connectivity index (χ3v) is 2.60. The smallest absolute Gasteiger partial charge is 0.251 e. The number of hydrogen-bond acceptors (Lipinski definition) is 4. The minimum atomic E-state index is -0.131. The lowest BCUT2D eigenvalue weighted by Gasteiger charge is -2.08. The first-order chi connectivity index (χ1) is 9.19. The van der Waals surface area contributed by atoms with E-state index in [0.29, 0.717) is 30.2 Å². The molecule has 106 valence electrons. The third-order valence-electron chi connectivity index (χ3n) is 2.60. The van der Waals surface area contributed by atoms with Gasteiger partial charge in [0.25, 0.3) is 5.91 Å². The van der Waals surface area contributed by atoms with Gasteiger partial charge in [-0.3, -0.25) is 4.79 Å². The van der Waals surface area contributed by atoms with Crippen molar-refractivity contribution >= 4 is 11.6 Å². The number of benzene rings is 1. The number of nitrogens with one attached hydrogen (secondary N) is 1. The lowest BCUT2D eigenvalue weighted by molar-refractivity contribution is 0.0941. The lowest BCUT2D eigenvalue weighted by atomic mass is 10.2. The van der Waals surface area contributed by atoms with Crippen molar-refractivity contribution in [3.05, 3.63) is 23.8 Å². The molecular weight excluding hydrogens is 244 g/mol. The maximum Gasteiger partial charge on any atom is 0.251 e. The fourth-order valence-electron chi connectivity index (χ4n) is 1.58. The molecule has 1 amide bonds. The number of carbonyl (C=O) groups is 1. The Morgan fingerprint density at radius 2 is 2.16 bits per heavy atom. The summed E-state index contributed by atoms with van der Waals surface area (Å²) in [6, 6.07) is 4.98. The molecule has 0 saturated carbocycles. The topological polar surface area (TPSA) is 73.6 Å². The Morgan fingerprint density at radius 3 is 2.84 bits per heavy atom. The average Bonchev–Trinajstić information content (AvgIpc) is 2.43. The number of rotatable bonds is 8. The molecular formula is C14H22N2O3. The van der Waals surface area contributed by atoms with Crippen molar-refractivity contribution in [1.29, 1.82) is 0 Å². The third kappa shape index (κ3) is 5.18. The number of nitrogen functional groups attached to an aromatic ring is 1. The molecule has 0 aliphatic heterocycles. The van der Waals surface area contributed by atoms with Crippen molar-refractivity contribution in [2.45, 2.75) is 19.8 Å². The van der Waals surface area contributed by atoms with Gasteiger partial charge in [0.1, 0.15) is 5.75 Å². The van der Waals surface area contributed by atoms with Crippen LogP contribution in [0.2, 0.25) is 0 Å². The minimum Gasteiger partial charge on any atom is -0.495 e. The summed E-state index contributed by atoms with van der Waals surface area (Å²) in [5, 5.41) is 2.83. The number of nitrogens with two attached hydrogens (primary N) is 1. The summed E-state index contributed by atoms with van der Waals surface area (Å²) in [5.41, 5.74) is 6.76. The lowest BCUT2D eigenvalue weighted by Crippen LogP contribution is -2.25. The molecule has 0 aliphatic rings. The number of methoxy groups -OCH3 is 1. The summed E-state index contributed by atoms with van der Waals surface area (Å²) in [6.07, 6.45) is 1.81. The fourth-order valence-corrected chi connectivity index (χ4v) is 1.58. The van der Waals surface area contributed by atoms with Crippen molar-refractivity contribution in [2.75, 3.05) is 32.6 Å². The Kier molecular flexibility index (Phi) is 6.74. The van der Waals surface area contributed by atoms with E-state index in [2.05, 4.69) is 12.2 Å². The Labute approximate surface area is 114 Å². The predicted molar refractivity (Wildman–Crippen MR) is 75.5 cm³/mol. The summed E-state index contributed by atoms with van der Waals surface area (Å²) >= 11 is 0. The van der Waals surface area contributed by atoms with E-state index >= 15 is 0 Å². The van der Waals surface area contributed by atoms with Crippen LogP contribution in [0.25, 0.3) is 0 Å². The van der Waals surface area contributed by atoms with Crippen LogP contribution < -0.4 is 15.8 Å². The van der Waals surface area contributed by atoms with Crippen LogP contribution in [-0.2, 0) is 4.74 Å². The van der Waals surface area contributed by atoms with Gasteiger partial charge in [0.15, 0.2) is 0 Å². The van der Waals surface area contributed by atoms with Gasteiger partial charge in [-0.15, -0.1) is 0 Å². The molecule has 0 saturated heterocycles. The fraction of sp³-hybridized carbons (Fsp3) is 0.500. The highest BCUT2D eigenvalue weighted by atomic mass is 16.5. The van der Waals surface area contributed by atoms with Gasteiger partial charge in [-0.05, 0) is 31.0 Å². The average molecular weight is 266 g/mol. The molecule has 0 heterocycles. The maximum atomic E-state index is 11.9. The van der Waals surface area contributed by atoms with E-state index in [0.717, 1.165) is 19.4 Å². The van der Waals surface area contributed by atoms with Crippen LogP contribution in [-0.4, -0.2) is 32.8 Å². The van der Waals surface area contributed by atoms with E-state index in [4.69, 9.17) is 15.2 Å². The molecule has 3 N–H and O–H groups in total. The van der Waals surface area contributed by atoms with Crippen molar-refractivity contribution in [3.63, 3.8) is 0 Å². The highest BCUT2D eigenvalue weighted by Crippen LogP contribution is 2.21. The summed E-state index contributed by atoms with van der Waals surface area (Å²) in [6.45, 7) is 4.09. The van der Waals surface area contributed by atoms with E-state index in [9.17, 15) is 4.79 Å². The molecule has 19 heavy (non-hydrogen) atoms. The Morgan fingerprint density at radius 1 is 1.37 bits per heavy atom. The van der Waals surface area contributed by atoms with E-state index in [1.165, 1.54) is 7.11 Å². The van der Waals surface area contributed by atoms with E-state index < -0.39 is 0 Å². The van der Waals surface area contributed by atoms with Gasteiger partial charge in [0.05, 0.1) is 12.8 Å². The second kappa shape index (κ2) is 8.37. The molecule has 0 aromatic heterocycles. The molecule has 5 nitrogen and oxygen atoms in total. The zero-order valence-electron chi connectivity index (χ0n) is 11.6. The van der Waals surface area contributed by atoms with Crippen LogP contribution in [0.15, 0.2) is 18.2 Å². The molecule has 0 bridgehead atoms. The van der Waals surface area contributed by atoms with Gasteiger partial charge in [0, 0.05) is 25.3 Å². The van der Waals surface area contributed by atoms with Gasteiger partial charge in [0.2, 0.25) is 0 Å². The van der Waals surface area contributed by atoms with Crippen molar-refractivity contribution in [2.24, 2.45) is 0 Å². The van der Waals surface area contributed by atoms with Crippen LogP contribution in [0.4, 0.5) is 5.69 Å². The standard InChI is InChI=1S/C14H22N2O3/c1-3-8-19-9-4-7-16-14(17)11-5-6-12(15)13(10-11)18-2/h5-6,10H,3-4,7-9,15H2,1-2H3,(H,16,17). The molecule has 1 aromatic rings. The first-order valence-corrected chi connectivity index (χ1v) is 6.48. The number of carbonyl (C=O) groups excluding carboxylic acids is 1. The second-order valence-electron chi connectivity index (χ2n) is 4.18. The second-order valence-corrected chi connectivity index (χ2v) is 4.18. The van der Waals surface area contributed by atoms with Gasteiger partial charge in [-0.1, -0.05) is 6.92 Å². The quantitative estimate of drug-likeness (QED) is 0.556. The molecule has 0 unspecified atom stereocenters. The van der Waals surface area contributed by atoms with Crippen molar-refractivity contribution in [3.8, 4) is 5.75 Å². The molecule has 1 aromatic carbocycles. The van der Waals surface area contributed by atoms with Gasteiger partial charge >= 0.3 is 0 Å². The van der Waals surface area contributed by atoms with Crippen LogP contribution in [0.3, 0.4) is 0 Å². The van der Waals surface area contributed by atoms with E-state index in [1.54, 1.807) is 18.2 Å². The highest BCUT2D eigenvalue weighted by Gasteiger charge is 2.08. The number of amides is 1. The van der Waals surface area contributed by atoms with Crippen LogP contribution in [0, 0.1) is 0 Å². The Balaban J connectivity index is 2.37. The first kappa shape index (κ1) is 15.3. The van der Waals surface area contributed by atoms with Gasteiger partial charge < -0.3 is 20.5 Å². The Bertz CT molecular complexity index is 408. The van der Waals surface area contributed by atoms with Gasteiger partial charge in [-0.2, -0.15) is 0 Å². The van der Waals surface area contributed by atoms with Crippen molar-refractivity contribution < 1.29 is 14.3 Å². The van der Waals surface area contributed by atoms with Crippen LogP contribution >= 0.6 is 0 Å². The predicted octanol–water partition coefficient (Wildman–Crippen LogP) is 1.82. The molecule has 0 spiro atoms. The zero-order valence-corrected chi connectivity index (χ0v) is 11.6. The summed E-state index contributed by atoms with van der Waals surface area (Å²) in [5.74, 6) is 0.382. The molecule has 0 aliphatic carbocycles. The van der Waals surface area contributed by atoms with E-state index in [-0.39, 0.29) is 5.91 Å². The number of anilines is 1.